The summed E-state index contributed by atoms with van der Waals surface area (Å²) in [5.74, 6) is 0. The van der Waals surface area contributed by atoms with E-state index < -0.39 is 6.49 Å². The Morgan fingerprint density at radius 3 is 1.40 bits per heavy atom. The van der Waals surface area contributed by atoms with Crippen LogP contribution in [0.15, 0.2) is 70.6 Å². The lowest BCUT2D eigenvalue weighted by Gasteiger charge is -2.17. The fourth-order valence-corrected chi connectivity index (χ4v) is 6.09. The first-order valence-electron chi connectivity index (χ1n) is 11.2. The third-order valence-corrected chi connectivity index (χ3v) is 8.90. The van der Waals surface area contributed by atoms with E-state index in [-0.39, 0.29) is 0 Å². The van der Waals surface area contributed by atoms with Gasteiger partial charge in [-0.3, -0.25) is 4.57 Å². The van der Waals surface area contributed by atoms with Gasteiger partial charge in [-0.25, -0.2) is 9.98 Å². The summed E-state index contributed by atoms with van der Waals surface area (Å²) in [6.07, 6.45) is 13.2. The van der Waals surface area contributed by atoms with Crippen molar-refractivity contribution in [3.63, 3.8) is 0 Å². The SMILES string of the molecule is C(=NC1CCCCC1)=NC1CCCCC1.O=P(Cl)(c1ccccc1)c1ccccc1. The van der Waals surface area contributed by atoms with E-state index in [9.17, 15) is 4.57 Å². The number of nitrogens with zero attached hydrogens (tertiary/aromatic N) is 2. The summed E-state index contributed by atoms with van der Waals surface area (Å²) in [6, 6.07) is 22.3. The molecule has 5 heteroatoms. The van der Waals surface area contributed by atoms with Gasteiger partial charge in [0.25, 0.3) is 0 Å². The second-order valence-corrected chi connectivity index (χ2v) is 11.7. The first kappa shape index (κ1) is 23.0. The van der Waals surface area contributed by atoms with Gasteiger partial charge < -0.3 is 0 Å². The standard InChI is InChI=1S/C13H22N2.C12H10ClOP/c1-3-7-12(8-4-1)14-11-15-13-9-5-2-6-10-13;13-15(14,11-7-3-1-4-8-11)12-9-5-2-6-10-12/h12-13H,1-10H2;1-10H. The van der Waals surface area contributed by atoms with Gasteiger partial charge in [0, 0.05) is 10.6 Å². The van der Waals surface area contributed by atoms with Crippen molar-refractivity contribution in [3.05, 3.63) is 60.7 Å². The Labute approximate surface area is 185 Å². The molecule has 0 N–H and O–H groups in total. The van der Waals surface area contributed by atoms with E-state index in [1.165, 1.54) is 64.2 Å². The summed E-state index contributed by atoms with van der Waals surface area (Å²) >= 11 is 6.14. The summed E-state index contributed by atoms with van der Waals surface area (Å²) in [5, 5.41) is 1.36. The third kappa shape index (κ3) is 7.24. The number of halogens is 1. The molecule has 2 fully saturated rings. The Hall–Kier alpha value is -1.66. The zero-order valence-corrected chi connectivity index (χ0v) is 19.3. The van der Waals surface area contributed by atoms with Crippen molar-refractivity contribution in [2.45, 2.75) is 76.3 Å². The molecule has 160 valence electrons. The minimum absolute atomic E-state index is 0.533. The van der Waals surface area contributed by atoms with Crippen molar-refractivity contribution in [1.29, 1.82) is 0 Å². The molecule has 2 aliphatic carbocycles. The van der Waals surface area contributed by atoms with Crippen LogP contribution < -0.4 is 10.6 Å². The van der Waals surface area contributed by atoms with E-state index in [4.69, 9.17) is 11.2 Å². The molecule has 2 aliphatic rings. The molecule has 0 aromatic heterocycles. The number of benzene rings is 2. The molecule has 2 aromatic carbocycles. The van der Waals surface area contributed by atoms with Crippen LogP contribution in [-0.2, 0) is 4.57 Å². The van der Waals surface area contributed by atoms with Gasteiger partial charge in [-0.15, -0.1) is 0 Å². The number of hydrogen-bond donors (Lipinski definition) is 0. The fraction of sp³-hybridized carbons (Fsp3) is 0.480. The van der Waals surface area contributed by atoms with Crippen LogP contribution in [0.25, 0.3) is 0 Å². The van der Waals surface area contributed by atoms with Gasteiger partial charge in [-0.1, -0.05) is 99.2 Å². The second kappa shape index (κ2) is 12.3. The Morgan fingerprint density at radius 1 is 0.667 bits per heavy atom. The maximum Gasteiger partial charge on any atom is 0.225 e. The van der Waals surface area contributed by atoms with Crippen LogP contribution in [0.2, 0.25) is 0 Å². The predicted octanol–water partition coefficient (Wildman–Crippen LogP) is 6.98. The van der Waals surface area contributed by atoms with Gasteiger partial charge in [0.1, 0.15) is 0 Å². The van der Waals surface area contributed by atoms with Gasteiger partial charge in [0.05, 0.1) is 18.1 Å². The van der Waals surface area contributed by atoms with Crippen LogP contribution in [-0.4, -0.2) is 18.1 Å². The number of hydrogen-bond acceptors (Lipinski definition) is 3. The van der Waals surface area contributed by atoms with Gasteiger partial charge >= 0.3 is 0 Å². The summed E-state index contributed by atoms with van der Waals surface area (Å²) in [6.45, 7) is -2.93. The van der Waals surface area contributed by atoms with Crippen LogP contribution >= 0.6 is 17.7 Å². The van der Waals surface area contributed by atoms with Gasteiger partial charge in [0.15, 0.2) is 0 Å². The Kier molecular flexibility index (Phi) is 9.40. The molecule has 0 saturated heterocycles. The Balaban J connectivity index is 0.000000171. The van der Waals surface area contributed by atoms with Crippen LogP contribution in [0.3, 0.4) is 0 Å². The zero-order valence-electron chi connectivity index (χ0n) is 17.6. The van der Waals surface area contributed by atoms with Crippen molar-refractivity contribution in [2.75, 3.05) is 0 Å². The summed E-state index contributed by atoms with van der Waals surface area (Å²) in [7, 11) is 0. The van der Waals surface area contributed by atoms with E-state index in [2.05, 4.69) is 16.0 Å². The molecule has 0 atom stereocenters. The number of aliphatic imine (C=N–C) groups is 2. The molecule has 0 aliphatic heterocycles. The second-order valence-electron chi connectivity index (χ2n) is 8.15. The Bertz CT molecular complexity index is 788. The minimum atomic E-state index is -2.93. The highest BCUT2D eigenvalue weighted by molar-refractivity contribution is 8.00. The topological polar surface area (TPSA) is 41.8 Å². The third-order valence-electron chi connectivity index (χ3n) is 5.81. The first-order valence-corrected chi connectivity index (χ1v) is 13.8. The molecule has 0 bridgehead atoms. The lowest BCUT2D eigenvalue weighted by Crippen LogP contribution is -2.11. The first-order chi connectivity index (χ1) is 14.7. The summed E-state index contributed by atoms with van der Waals surface area (Å²) < 4.78 is 12.4. The monoisotopic (exact) mass is 442 g/mol. The molecule has 2 aromatic rings. The van der Waals surface area contributed by atoms with E-state index in [0.717, 1.165) is 0 Å². The molecule has 2 saturated carbocycles. The van der Waals surface area contributed by atoms with E-state index in [1.807, 2.05) is 36.4 Å². The molecule has 0 heterocycles. The minimum Gasteiger partial charge on any atom is -0.296 e. The highest BCUT2D eigenvalue weighted by Crippen LogP contribution is 2.48. The molecule has 3 nitrogen and oxygen atoms in total. The fourth-order valence-electron chi connectivity index (χ4n) is 4.01. The summed E-state index contributed by atoms with van der Waals surface area (Å²) in [4.78, 5) is 8.92. The van der Waals surface area contributed by atoms with Crippen molar-refractivity contribution >= 4 is 34.4 Å². The molecule has 30 heavy (non-hydrogen) atoms. The molecule has 4 rings (SSSR count). The molecule has 0 amide bonds. The Morgan fingerprint density at radius 2 is 1.03 bits per heavy atom. The average molecular weight is 443 g/mol. The van der Waals surface area contributed by atoms with E-state index in [0.29, 0.717) is 22.7 Å². The van der Waals surface area contributed by atoms with Gasteiger partial charge in [0.2, 0.25) is 6.49 Å². The predicted molar refractivity (Wildman–Crippen MR) is 129 cm³/mol. The zero-order chi connectivity index (χ0) is 21.1. The highest BCUT2D eigenvalue weighted by Gasteiger charge is 2.23. The van der Waals surface area contributed by atoms with Crippen LogP contribution in [0.5, 0.6) is 0 Å². The van der Waals surface area contributed by atoms with Crippen molar-refractivity contribution in [1.82, 2.24) is 0 Å². The molecule has 0 spiro atoms. The molecule has 0 unspecified atom stereocenters. The lowest BCUT2D eigenvalue weighted by molar-refractivity contribution is 0.438. The van der Waals surface area contributed by atoms with E-state index >= 15 is 0 Å². The van der Waals surface area contributed by atoms with Crippen LogP contribution in [0, 0.1) is 0 Å². The van der Waals surface area contributed by atoms with Crippen molar-refractivity contribution in [3.8, 4) is 0 Å². The lowest BCUT2D eigenvalue weighted by atomic mass is 9.96. The molecule has 0 radical (unpaired) electrons. The van der Waals surface area contributed by atoms with Gasteiger partial charge in [-0.05, 0) is 36.9 Å². The van der Waals surface area contributed by atoms with Gasteiger partial charge in [-0.2, -0.15) is 0 Å². The smallest absolute Gasteiger partial charge is 0.225 e. The normalized spacial score (nSPS) is 17.9. The highest BCUT2D eigenvalue weighted by atomic mass is 35.7. The molecular weight excluding hydrogens is 411 g/mol. The van der Waals surface area contributed by atoms with Crippen molar-refractivity contribution in [2.24, 2.45) is 9.98 Å². The summed E-state index contributed by atoms with van der Waals surface area (Å²) in [5.41, 5.74) is 0. The molecular formula is C25H32ClN2OP. The van der Waals surface area contributed by atoms with E-state index in [1.54, 1.807) is 24.3 Å². The van der Waals surface area contributed by atoms with Crippen LogP contribution in [0.4, 0.5) is 0 Å². The quantitative estimate of drug-likeness (QED) is 0.372. The average Bonchev–Trinajstić information content (AvgIpc) is 2.82. The maximum absolute atomic E-state index is 12.4. The maximum atomic E-state index is 12.4. The van der Waals surface area contributed by atoms with Crippen molar-refractivity contribution < 1.29 is 4.57 Å². The largest absolute Gasteiger partial charge is 0.296 e. The van der Waals surface area contributed by atoms with Crippen LogP contribution in [0.1, 0.15) is 64.2 Å². The number of rotatable bonds is 4.